The highest BCUT2D eigenvalue weighted by atomic mass is 79.9. The molecule has 0 amide bonds. The second-order valence-electron chi connectivity index (χ2n) is 6.00. The van der Waals surface area contributed by atoms with Gasteiger partial charge in [0.25, 0.3) is 0 Å². The molecule has 1 aromatic carbocycles. The summed E-state index contributed by atoms with van der Waals surface area (Å²) in [7, 11) is 0. The van der Waals surface area contributed by atoms with Crippen molar-refractivity contribution in [1.82, 2.24) is 9.38 Å². The number of ether oxygens (including phenoxy) is 1. The first-order valence-electron chi connectivity index (χ1n) is 7.72. The summed E-state index contributed by atoms with van der Waals surface area (Å²) < 4.78 is 46.1. The van der Waals surface area contributed by atoms with Crippen molar-refractivity contribution in [3.63, 3.8) is 0 Å². The van der Waals surface area contributed by atoms with Crippen LogP contribution >= 0.6 is 52.3 Å². The highest BCUT2D eigenvalue weighted by Gasteiger charge is 2.37. The number of rotatable bonds is 3. The van der Waals surface area contributed by atoms with Crippen LogP contribution in [0.5, 0.6) is 5.75 Å². The first-order valence-corrected chi connectivity index (χ1v) is 8.89. The van der Waals surface area contributed by atoms with E-state index in [9.17, 15) is 13.2 Å². The zero-order valence-electron chi connectivity index (χ0n) is 13.9. The van der Waals surface area contributed by atoms with Crippen LogP contribution in [-0.4, -0.2) is 16.0 Å². The van der Waals surface area contributed by atoms with Gasteiger partial charge in [0, 0.05) is 34.8 Å². The number of hydrogen-bond donors (Lipinski definition) is 1. The van der Waals surface area contributed by atoms with E-state index in [0.29, 0.717) is 34.0 Å². The lowest BCUT2D eigenvalue weighted by molar-refractivity contribution is -0.0505. The molecule has 1 aliphatic rings. The van der Waals surface area contributed by atoms with E-state index in [1.54, 1.807) is 22.7 Å². The van der Waals surface area contributed by atoms with Gasteiger partial charge in [-0.15, -0.1) is 24.8 Å². The van der Waals surface area contributed by atoms with Crippen molar-refractivity contribution < 1.29 is 17.9 Å². The van der Waals surface area contributed by atoms with Gasteiger partial charge in [0.2, 0.25) is 0 Å². The van der Waals surface area contributed by atoms with Crippen LogP contribution in [0.2, 0.25) is 5.02 Å². The van der Waals surface area contributed by atoms with Crippen LogP contribution in [0, 0.1) is 5.82 Å². The van der Waals surface area contributed by atoms with Gasteiger partial charge in [-0.25, -0.2) is 9.37 Å². The average molecular weight is 520 g/mol. The molecule has 4 rings (SSSR count). The Morgan fingerprint density at radius 1 is 1.32 bits per heavy atom. The summed E-state index contributed by atoms with van der Waals surface area (Å²) in [5.41, 5.74) is 8.30. The van der Waals surface area contributed by atoms with Crippen molar-refractivity contribution in [3.8, 4) is 5.75 Å². The molecule has 0 bridgehead atoms. The van der Waals surface area contributed by atoms with Gasteiger partial charge in [-0.3, -0.25) is 0 Å². The van der Waals surface area contributed by atoms with Crippen molar-refractivity contribution in [1.29, 1.82) is 0 Å². The zero-order valence-corrected chi connectivity index (χ0v) is 17.9. The van der Waals surface area contributed by atoms with Crippen molar-refractivity contribution in [2.45, 2.75) is 25.0 Å². The number of alkyl halides is 2. The van der Waals surface area contributed by atoms with E-state index in [4.69, 9.17) is 17.3 Å². The standard InChI is InChI=1S/C17H12BrClF3N3O.2ClH/c18-8-6-25-13(5-10(8)20)24-15-11(23)4-7(16(15)25)14-9(19)2-1-3-12(14)26-17(21)22;;/h1-3,5-7,11,17H,4,23H2;2*1H/t7-,11-;;/m1../s1. The summed E-state index contributed by atoms with van der Waals surface area (Å²) in [5, 5.41) is 0.296. The second kappa shape index (κ2) is 8.67. The third kappa shape index (κ3) is 3.80. The van der Waals surface area contributed by atoms with Gasteiger partial charge in [-0.1, -0.05) is 17.7 Å². The summed E-state index contributed by atoms with van der Waals surface area (Å²) in [6.07, 6.45) is 1.98. The number of benzene rings is 1. The summed E-state index contributed by atoms with van der Waals surface area (Å²) in [6, 6.07) is 5.45. The Bertz CT molecular complexity index is 1020. The maximum Gasteiger partial charge on any atom is 0.387 e. The van der Waals surface area contributed by atoms with E-state index >= 15 is 0 Å². The van der Waals surface area contributed by atoms with E-state index in [1.807, 2.05) is 0 Å². The molecule has 0 aliphatic heterocycles. The molecule has 2 aromatic heterocycles. The predicted octanol–water partition coefficient (Wildman–Crippen LogP) is 5.87. The average Bonchev–Trinajstić information content (AvgIpc) is 3.06. The number of aromatic nitrogens is 2. The Labute approximate surface area is 184 Å². The lowest BCUT2D eigenvalue weighted by Crippen LogP contribution is -2.10. The number of nitrogens with zero attached hydrogens (tertiary/aromatic N) is 2. The van der Waals surface area contributed by atoms with Crippen LogP contribution in [0.25, 0.3) is 5.65 Å². The normalized spacial score (nSPS) is 18.0. The lowest BCUT2D eigenvalue weighted by Gasteiger charge is -2.19. The van der Waals surface area contributed by atoms with Gasteiger partial charge < -0.3 is 14.9 Å². The molecule has 3 aromatic rings. The molecule has 2 heterocycles. The molecule has 28 heavy (non-hydrogen) atoms. The Morgan fingerprint density at radius 3 is 2.71 bits per heavy atom. The molecule has 11 heteroatoms. The van der Waals surface area contributed by atoms with Crippen LogP contribution in [-0.2, 0) is 0 Å². The first-order chi connectivity index (χ1) is 12.4. The van der Waals surface area contributed by atoms with Gasteiger partial charge >= 0.3 is 6.61 Å². The van der Waals surface area contributed by atoms with Crippen LogP contribution in [0.1, 0.15) is 35.3 Å². The molecular formula is C17H14BrCl3F3N3O. The smallest absolute Gasteiger partial charge is 0.387 e. The third-order valence-corrected chi connectivity index (χ3v) is 5.39. The first kappa shape index (κ1) is 23.1. The molecule has 0 unspecified atom stereocenters. The minimum absolute atomic E-state index is 0. The minimum Gasteiger partial charge on any atom is -0.434 e. The largest absolute Gasteiger partial charge is 0.434 e. The fraction of sp³-hybridized carbons (Fsp3) is 0.235. The maximum absolute atomic E-state index is 13.8. The molecule has 2 N–H and O–H groups in total. The van der Waals surface area contributed by atoms with Crippen molar-refractivity contribution in [2.75, 3.05) is 0 Å². The molecule has 4 nitrogen and oxygen atoms in total. The van der Waals surface area contributed by atoms with E-state index in [1.165, 1.54) is 12.1 Å². The van der Waals surface area contributed by atoms with Crippen LogP contribution in [0.3, 0.4) is 0 Å². The maximum atomic E-state index is 13.8. The quantitative estimate of drug-likeness (QED) is 0.471. The molecule has 1 aliphatic carbocycles. The van der Waals surface area contributed by atoms with E-state index in [-0.39, 0.29) is 35.0 Å². The van der Waals surface area contributed by atoms with E-state index < -0.39 is 24.4 Å². The molecule has 2 atom stereocenters. The Morgan fingerprint density at radius 2 is 2.04 bits per heavy atom. The zero-order chi connectivity index (χ0) is 18.6. The summed E-state index contributed by atoms with van der Waals surface area (Å²) in [6.45, 7) is -2.98. The van der Waals surface area contributed by atoms with Crippen molar-refractivity contribution in [2.24, 2.45) is 5.73 Å². The summed E-state index contributed by atoms with van der Waals surface area (Å²) in [5.74, 6) is -0.866. The van der Waals surface area contributed by atoms with Crippen LogP contribution in [0.15, 0.2) is 34.9 Å². The minimum atomic E-state index is -2.98. The van der Waals surface area contributed by atoms with Crippen LogP contribution in [0.4, 0.5) is 13.2 Å². The predicted molar refractivity (Wildman–Crippen MR) is 109 cm³/mol. The SMILES string of the molecule is Cl.Cl.N[C@@H]1C[C@H](c2c(Cl)cccc2OC(F)F)c2c1nc1cc(F)c(Br)cn21. The molecule has 0 radical (unpaired) electrons. The van der Waals surface area contributed by atoms with Gasteiger partial charge in [-0.05, 0) is 34.5 Å². The van der Waals surface area contributed by atoms with E-state index in [2.05, 4.69) is 25.7 Å². The monoisotopic (exact) mass is 517 g/mol. The lowest BCUT2D eigenvalue weighted by atomic mass is 9.95. The Balaban J connectivity index is 0.00000140. The topological polar surface area (TPSA) is 52.5 Å². The number of hydrogen-bond acceptors (Lipinski definition) is 3. The van der Waals surface area contributed by atoms with E-state index in [0.717, 1.165) is 0 Å². The summed E-state index contributed by atoms with van der Waals surface area (Å²) >= 11 is 9.47. The van der Waals surface area contributed by atoms with Gasteiger partial charge in [0.1, 0.15) is 17.2 Å². The molecule has 0 saturated heterocycles. The second-order valence-corrected chi connectivity index (χ2v) is 7.27. The van der Waals surface area contributed by atoms with Gasteiger partial charge in [0.05, 0.1) is 15.9 Å². The molecule has 0 fully saturated rings. The molecule has 152 valence electrons. The Hall–Kier alpha value is -1.19. The summed E-state index contributed by atoms with van der Waals surface area (Å²) in [4.78, 5) is 4.42. The molecule has 0 spiro atoms. The highest BCUT2D eigenvalue weighted by molar-refractivity contribution is 9.10. The molecular weight excluding hydrogens is 505 g/mol. The van der Waals surface area contributed by atoms with Crippen LogP contribution < -0.4 is 10.5 Å². The number of imidazole rings is 1. The Kier molecular flexibility index (Phi) is 7.15. The third-order valence-electron chi connectivity index (χ3n) is 4.48. The van der Waals surface area contributed by atoms with Crippen molar-refractivity contribution in [3.05, 3.63) is 62.7 Å². The number of fused-ring (bicyclic) bond motifs is 3. The van der Waals surface area contributed by atoms with Gasteiger partial charge in [-0.2, -0.15) is 8.78 Å². The number of halogens is 7. The number of nitrogens with two attached hydrogens (primary N) is 1. The fourth-order valence-corrected chi connectivity index (χ4v) is 4.10. The highest BCUT2D eigenvalue weighted by Crippen LogP contribution is 2.48. The molecule has 0 saturated carbocycles. The fourth-order valence-electron chi connectivity index (χ4n) is 3.48. The van der Waals surface area contributed by atoms with Gasteiger partial charge in [0.15, 0.2) is 0 Å². The van der Waals surface area contributed by atoms with Crippen molar-refractivity contribution >= 4 is 58.0 Å². The number of pyridine rings is 1.